The molecule has 0 saturated carbocycles. The van der Waals surface area contributed by atoms with E-state index in [9.17, 15) is 9.90 Å². The number of carboxylic acids is 1. The molecule has 1 saturated heterocycles. The Morgan fingerprint density at radius 3 is 3.03 bits per heavy atom. The maximum atomic E-state index is 11.5. The Kier molecular flexibility index (Phi) is 6.50. The molecule has 1 aliphatic heterocycles. The van der Waals surface area contributed by atoms with Crippen molar-refractivity contribution in [1.29, 1.82) is 0 Å². The highest BCUT2D eigenvalue weighted by molar-refractivity contribution is 7.13. The van der Waals surface area contributed by atoms with Crippen LogP contribution in [0.3, 0.4) is 0 Å². The number of aromatic nitrogens is 1. The van der Waals surface area contributed by atoms with Crippen LogP contribution in [-0.2, 0) is 17.8 Å². The van der Waals surface area contributed by atoms with Crippen LogP contribution >= 0.6 is 11.3 Å². The average molecular weight is 427 g/mol. The average Bonchev–Trinajstić information content (AvgIpc) is 3.39. The van der Waals surface area contributed by atoms with Gasteiger partial charge in [-0.05, 0) is 55.5 Å². The van der Waals surface area contributed by atoms with Crippen molar-refractivity contribution in [3.63, 3.8) is 0 Å². The number of rotatable bonds is 8. The summed E-state index contributed by atoms with van der Waals surface area (Å²) < 4.78 is 11.7. The summed E-state index contributed by atoms with van der Waals surface area (Å²) in [5.74, 6) is 1.54. The minimum absolute atomic E-state index is 0.393. The molecule has 1 fully saturated rings. The van der Waals surface area contributed by atoms with E-state index < -0.39 is 12.0 Å². The normalized spacial score (nSPS) is 17.2. The SMILES string of the molecule is Cc1oc(-c2cccs2)nc1CCOc1cccc(CN2CCCC[C@@H]2C(=O)O)c1. The van der Waals surface area contributed by atoms with Crippen LogP contribution in [0.15, 0.2) is 46.2 Å². The zero-order valence-electron chi connectivity index (χ0n) is 17.0. The Morgan fingerprint density at radius 1 is 1.33 bits per heavy atom. The van der Waals surface area contributed by atoms with Gasteiger partial charge in [0, 0.05) is 13.0 Å². The summed E-state index contributed by atoms with van der Waals surface area (Å²) in [7, 11) is 0. The number of ether oxygens (including phenoxy) is 1. The Hall–Kier alpha value is -2.64. The zero-order chi connectivity index (χ0) is 20.9. The first-order chi connectivity index (χ1) is 14.6. The molecule has 6 nitrogen and oxygen atoms in total. The minimum Gasteiger partial charge on any atom is -0.493 e. The fourth-order valence-corrected chi connectivity index (χ4v) is 4.51. The molecule has 1 atom stereocenters. The van der Waals surface area contributed by atoms with Crippen molar-refractivity contribution in [3.05, 3.63) is 58.8 Å². The molecule has 2 aromatic heterocycles. The topological polar surface area (TPSA) is 75.8 Å². The number of carboxylic acid groups (broad SMARTS) is 1. The van der Waals surface area contributed by atoms with Crippen molar-refractivity contribution in [1.82, 2.24) is 9.88 Å². The number of carbonyl (C=O) groups is 1. The zero-order valence-corrected chi connectivity index (χ0v) is 17.9. The molecule has 3 heterocycles. The maximum Gasteiger partial charge on any atom is 0.320 e. The van der Waals surface area contributed by atoms with Crippen molar-refractivity contribution >= 4 is 17.3 Å². The first kappa shape index (κ1) is 20.6. The molecule has 0 aliphatic carbocycles. The lowest BCUT2D eigenvalue weighted by Crippen LogP contribution is -2.43. The summed E-state index contributed by atoms with van der Waals surface area (Å²) in [4.78, 5) is 19.2. The van der Waals surface area contributed by atoms with Gasteiger partial charge in [-0.15, -0.1) is 11.3 Å². The molecule has 0 radical (unpaired) electrons. The van der Waals surface area contributed by atoms with Gasteiger partial charge in [0.15, 0.2) is 0 Å². The van der Waals surface area contributed by atoms with Crippen molar-refractivity contribution < 1.29 is 19.1 Å². The molecule has 4 rings (SSSR count). The second-order valence-electron chi connectivity index (χ2n) is 7.57. The van der Waals surface area contributed by atoms with Crippen LogP contribution < -0.4 is 4.74 Å². The van der Waals surface area contributed by atoms with E-state index in [-0.39, 0.29) is 0 Å². The number of benzene rings is 1. The van der Waals surface area contributed by atoms with E-state index in [1.807, 2.05) is 48.7 Å². The van der Waals surface area contributed by atoms with Gasteiger partial charge in [0.25, 0.3) is 0 Å². The standard InChI is InChI=1S/C23H26N2O4S/c1-16-19(24-22(29-16)21-9-5-13-30-21)10-12-28-18-7-4-6-17(14-18)15-25-11-3-2-8-20(25)23(26)27/h4-7,9,13-14,20H,2-3,8,10-12,15H2,1H3,(H,26,27)/t20-/m1/s1. The molecule has 0 amide bonds. The third-order valence-corrected chi connectivity index (χ3v) is 6.27. The smallest absolute Gasteiger partial charge is 0.320 e. The van der Waals surface area contributed by atoms with Crippen LogP contribution in [0.1, 0.15) is 36.3 Å². The lowest BCUT2D eigenvalue weighted by molar-refractivity contribution is -0.144. The monoisotopic (exact) mass is 426 g/mol. The van der Waals surface area contributed by atoms with Crippen LogP contribution in [0, 0.1) is 6.92 Å². The number of hydrogen-bond donors (Lipinski definition) is 1. The first-order valence-electron chi connectivity index (χ1n) is 10.3. The molecule has 30 heavy (non-hydrogen) atoms. The van der Waals surface area contributed by atoms with E-state index in [0.29, 0.717) is 25.5 Å². The minimum atomic E-state index is -0.730. The molecule has 1 N–H and O–H groups in total. The van der Waals surface area contributed by atoms with Crippen molar-refractivity contribution in [3.8, 4) is 16.5 Å². The molecule has 0 spiro atoms. The number of thiophene rings is 1. The summed E-state index contributed by atoms with van der Waals surface area (Å²) in [6.07, 6.45) is 3.41. The van der Waals surface area contributed by atoms with Gasteiger partial charge in [-0.25, -0.2) is 4.98 Å². The molecule has 7 heteroatoms. The van der Waals surface area contributed by atoms with Gasteiger partial charge in [0.05, 0.1) is 17.2 Å². The van der Waals surface area contributed by atoms with Gasteiger partial charge in [0.1, 0.15) is 17.6 Å². The quantitative estimate of drug-likeness (QED) is 0.559. The van der Waals surface area contributed by atoms with E-state index in [1.54, 1.807) is 11.3 Å². The van der Waals surface area contributed by atoms with E-state index in [0.717, 1.165) is 53.5 Å². The van der Waals surface area contributed by atoms with E-state index in [1.165, 1.54) is 0 Å². The molecule has 0 unspecified atom stereocenters. The highest BCUT2D eigenvalue weighted by atomic mass is 32.1. The fourth-order valence-electron chi connectivity index (χ4n) is 3.86. The summed E-state index contributed by atoms with van der Waals surface area (Å²) >= 11 is 1.61. The highest BCUT2D eigenvalue weighted by Gasteiger charge is 2.28. The molecular weight excluding hydrogens is 400 g/mol. The predicted molar refractivity (Wildman–Crippen MR) is 116 cm³/mol. The summed E-state index contributed by atoms with van der Waals surface area (Å²) in [6, 6.07) is 11.5. The number of hydrogen-bond acceptors (Lipinski definition) is 6. The Morgan fingerprint density at radius 2 is 2.23 bits per heavy atom. The largest absolute Gasteiger partial charge is 0.493 e. The van der Waals surface area contributed by atoms with E-state index in [2.05, 4.69) is 9.88 Å². The number of nitrogens with zero attached hydrogens (tertiary/aromatic N) is 2. The van der Waals surface area contributed by atoms with E-state index in [4.69, 9.17) is 9.15 Å². The Bertz CT molecular complexity index is 983. The lowest BCUT2D eigenvalue weighted by Gasteiger charge is -2.32. The predicted octanol–water partition coefficient (Wildman–Crippen LogP) is 4.77. The third kappa shape index (κ3) is 4.91. The summed E-state index contributed by atoms with van der Waals surface area (Å²) in [5.41, 5.74) is 1.98. The highest BCUT2D eigenvalue weighted by Crippen LogP contribution is 2.26. The molecule has 0 bridgehead atoms. The van der Waals surface area contributed by atoms with Gasteiger partial charge in [0.2, 0.25) is 5.89 Å². The van der Waals surface area contributed by atoms with Crippen LogP contribution in [0.2, 0.25) is 0 Å². The second-order valence-corrected chi connectivity index (χ2v) is 8.51. The number of piperidine rings is 1. The van der Waals surface area contributed by atoms with Crippen LogP contribution in [0.5, 0.6) is 5.75 Å². The molecule has 1 aromatic carbocycles. The molecule has 3 aromatic rings. The second kappa shape index (κ2) is 9.45. The fraction of sp³-hybridized carbons (Fsp3) is 0.391. The molecule has 1 aliphatic rings. The number of aryl methyl sites for hydroxylation is 1. The number of oxazole rings is 1. The lowest BCUT2D eigenvalue weighted by atomic mass is 10.0. The number of aliphatic carboxylic acids is 1. The van der Waals surface area contributed by atoms with E-state index >= 15 is 0 Å². The number of likely N-dealkylation sites (tertiary alicyclic amines) is 1. The first-order valence-corrected chi connectivity index (χ1v) is 11.2. The van der Waals surface area contributed by atoms with Crippen LogP contribution in [0.25, 0.3) is 10.8 Å². The maximum absolute atomic E-state index is 11.5. The van der Waals surface area contributed by atoms with Gasteiger partial charge in [-0.2, -0.15) is 0 Å². The Balaban J connectivity index is 1.34. The molecular formula is C23H26N2O4S. The van der Waals surface area contributed by atoms with Crippen molar-refractivity contribution in [2.24, 2.45) is 0 Å². The Labute approximate surface area is 180 Å². The van der Waals surface area contributed by atoms with Crippen molar-refractivity contribution in [2.45, 2.75) is 45.2 Å². The van der Waals surface area contributed by atoms with Gasteiger partial charge in [-0.3, -0.25) is 9.69 Å². The van der Waals surface area contributed by atoms with Crippen molar-refractivity contribution in [2.75, 3.05) is 13.2 Å². The van der Waals surface area contributed by atoms with Gasteiger partial charge >= 0.3 is 5.97 Å². The van der Waals surface area contributed by atoms with Gasteiger partial charge < -0.3 is 14.3 Å². The van der Waals surface area contributed by atoms with Gasteiger partial charge in [-0.1, -0.05) is 24.6 Å². The molecule has 158 valence electrons. The summed E-state index contributed by atoms with van der Waals surface area (Å²) in [5, 5.41) is 11.5. The summed E-state index contributed by atoms with van der Waals surface area (Å²) in [6.45, 7) is 3.88. The third-order valence-electron chi connectivity index (χ3n) is 5.42. The van der Waals surface area contributed by atoms with Crippen LogP contribution in [0.4, 0.5) is 0 Å². The van der Waals surface area contributed by atoms with Crippen LogP contribution in [-0.4, -0.2) is 40.2 Å².